The number of nitrogens with one attached hydrogen (secondary N) is 1. The summed E-state index contributed by atoms with van der Waals surface area (Å²) in [5.74, 6) is -3.88. The number of nitrogen functional groups attached to an aromatic ring is 1. The quantitative estimate of drug-likeness (QED) is 0.0290. The molecule has 1 fully saturated rings. The van der Waals surface area contributed by atoms with Crippen LogP contribution in [0, 0.1) is 0 Å². The molecule has 0 unspecified atom stereocenters. The number of aliphatic carboxylic acids is 2. The Hall–Kier alpha value is -5.80. The van der Waals surface area contributed by atoms with Crippen molar-refractivity contribution >= 4 is 69.3 Å². The second-order valence-electron chi connectivity index (χ2n) is 10.8. The fourth-order valence-electron chi connectivity index (χ4n) is 5.03. The van der Waals surface area contributed by atoms with Gasteiger partial charge in [-0.05, 0) is 5.57 Å². The van der Waals surface area contributed by atoms with Gasteiger partial charge in [0.25, 0.3) is 11.8 Å². The van der Waals surface area contributed by atoms with Crippen LogP contribution in [0.1, 0.15) is 11.5 Å². The lowest BCUT2D eigenvalue weighted by atomic mass is 10.0. The Kier molecular flexibility index (Phi) is 10.0. The summed E-state index contributed by atoms with van der Waals surface area (Å²) in [6.45, 7) is -0.569. The van der Waals surface area contributed by atoms with E-state index in [4.69, 9.17) is 15.0 Å². The summed E-state index contributed by atoms with van der Waals surface area (Å²) in [5, 5.41) is 47.8. The number of nitrogens with two attached hydrogens (primary N) is 1. The Morgan fingerprint density at radius 1 is 1.25 bits per heavy atom. The number of carboxylic acid groups (broad SMARTS) is 2. The molecule has 0 aromatic carbocycles. The largest absolute Gasteiger partial charge is 0.544 e. The van der Waals surface area contributed by atoms with E-state index in [2.05, 4.69) is 15.5 Å². The van der Waals surface area contributed by atoms with Crippen LogP contribution in [0.2, 0.25) is 0 Å². The van der Waals surface area contributed by atoms with Crippen LogP contribution in [0.4, 0.5) is 5.13 Å². The van der Waals surface area contributed by atoms with E-state index in [1.54, 1.807) is 24.5 Å². The summed E-state index contributed by atoms with van der Waals surface area (Å²) in [4.78, 5) is 67.8. The number of nitrogens with zero attached hydrogens (tertiary/aromatic N) is 5. The van der Waals surface area contributed by atoms with E-state index in [0.717, 1.165) is 39.7 Å². The number of rotatable bonds is 13. The molecule has 6 rings (SSSR count). The van der Waals surface area contributed by atoms with Crippen molar-refractivity contribution in [2.45, 2.75) is 29.5 Å². The minimum atomic E-state index is -1.29. The van der Waals surface area contributed by atoms with Gasteiger partial charge in [-0.1, -0.05) is 5.16 Å². The fraction of sp³-hybridized carbons (Fsp3) is 0.200. The van der Waals surface area contributed by atoms with E-state index >= 15 is 0 Å². The first kappa shape index (κ1) is 35.0. The Bertz CT molecular complexity index is 2160. The number of fused-ring (bicyclic) bond motifs is 1. The summed E-state index contributed by atoms with van der Waals surface area (Å²) in [6, 6.07) is 4.64. The average molecular weight is 756 g/mol. The molecule has 2 aliphatic rings. The molecule has 21 heteroatoms. The molecule has 6 heterocycles. The maximum absolute atomic E-state index is 13.5. The maximum Gasteiger partial charge on any atom is 0.352 e. The number of aromatic hydroxyl groups is 1. The number of ether oxygens (including phenoxy) is 1. The highest BCUT2D eigenvalue weighted by Crippen LogP contribution is 2.42. The van der Waals surface area contributed by atoms with Crippen LogP contribution in [-0.2, 0) is 37.1 Å². The number of amides is 2. The lowest BCUT2D eigenvalue weighted by molar-refractivity contribution is -0.691. The number of thioether (sulfide) groups is 2. The SMILES string of the molecule is Nc1nc(/C(=C/OCc2cc(-c3cc(=O)c(O)cn3O)no2)C(=O)N[C@@H]2C(=O)N3C(C(=O)O)=C(CSc4cc[n+](CC(=O)[O-])cc4)CS[C@H]23)cs1. The highest BCUT2D eigenvalue weighted by atomic mass is 32.2. The number of pyridine rings is 2. The van der Waals surface area contributed by atoms with Crippen LogP contribution in [-0.4, -0.2) is 81.9 Å². The van der Waals surface area contributed by atoms with E-state index in [0.29, 0.717) is 10.3 Å². The second kappa shape index (κ2) is 14.6. The molecule has 0 aliphatic carbocycles. The van der Waals surface area contributed by atoms with Crippen molar-refractivity contribution in [3.8, 4) is 17.1 Å². The van der Waals surface area contributed by atoms with Crippen LogP contribution in [0.5, 0.6) is 5.75 Å². The summed E-state index contributed by atoms with van der Waals surface area (Å²) >= 11 is 3.68. The van der Waals surface area contributed by atoms with Crippen LogP contribution in [0.15, 0.2) is 80.0 Å². The molecule has 51 heavy (non-hydrogen) atoms. The van der Waals surface area contributed by atoms with Gasteiger partial charge in [-0.25, -0.2) is 9.78 Å². The Morgan fingerprint density at radius 2 is 2.02 bits per heavy atom. The third-order valence-corrected chi connectivity index (χ3v) is 10.5. The molecule has 4 aromatic rings. The smallest absolute Gasteiger partial charge is 0.352 e. The zero-order valence-corrected chi connectivity index (χ0v) is 28.3. The summed E-state index contributed by atoms with van der Waals surface area (Å²) in [5.41, 5.74) is 5.45. The van der Waals surface area contributed by atoms with Crippen molar-refractivity contribution in [3.63, 3.8) is 0 Å². The van der Waals surface area contributed by atoms with Crippen LogP contribution in [0.3, 0.4) is 0 Å². The summed E-state index contributed by atoms with van der Waals surface area (Å²) in [7, 11) is 0. The Morgan fingerprint density at radius 3 is 2.71 bits per heavy atom. The van der Waals surface area contributed by atoms with Crippen molar-refractivity contribution in [1.82, 2.24) is 25.1 Å². The van der Waals surface area contributed by atoms with Gasteiger partial charge in [0, 0.05) is 46.0 Å². The lowest BCUT2D eigenvalue weighted by Crippen LogP contribution is -2.70. The Labute approximate surface area is 298 Å². The standard InChI is InChI=1S/C30H25N7O11S3/c31-30-32-19(13-51-30)17(10-47-9-15-5-18(34-48-15)20-6-21(38)22(39)7-36(20)46)26(42)33-24-27(43)37-25(29(44)45)14(12-50-28(24)37)11-49-16-1-3-35(4-2-16)8-23(40)41/h1-7,10,13,24,28,46H,8-9,11-12H2,(H5-,31,32,33,39,40,41,42,44,45)/b17-10-/t24-,28-/m1/s1. The number of hydrogen-bond acceptors (Lipinski definition) is 16. The zero-order valence-electron chi connectivity index (χ0n) is 25.8. The molecule has 4 aromatic heterocycles. The number of hydrogen-bond donors (Lipinski definition) is 5. The number of carboxylic acids is 2. The summed E-state index contributed by atoms with van der Waals surface area (Å²) in [6.07, 6.45) is 5.02. The first-order valence-corrected chi connectivity index (χ1v) is 17.5. The Balaban J connectivity index is 1.13. The molecule has 0 saturated carbocycles. The third-order valence-electron chi connectivity index (χ3n) is 7.42. The van der Waals surface area contributed by atoms with Crippen LogP contribution >= 0.6 is 34.9 Å². The molecule has 1 saturated heterocycles. The number of carbonyl (C=O) groups is 4. The first-order valence-electron chi connectivity index (χ1n) is 14.6. The van der Waals surface area contributed by atoms with Crippen LogP contribution in [0.25, 0.3) is 17.0 Å². The fourth-order valence-corrected chi connectivity index (χ4v) is 7.97. The van der Waals surface area contributed by atoms with Gasteiger partial charge in [-0.3, -0.25) is 19.3 Å². The molecule has 0 spiro atoms. The molecular formula is C30H25N7O11S3. The molecular weight excluding hydrogens is 731 g/mol. The lowest BCUT2D eigenvalue weighted by Gasteiger charge is -2.49. The minimum Gasteiger partial charge on any atom is -0.544 e. The minimum absolute atomic E-state index is 0.0562. The number of β-lactam (4-membered cyclic amide) rings is 1. The molecule has 2 atom stereocenters. The van der Waals surface area contributed by atoms with Gasteiger partial charge in [0.05, 0.1) is 18.2 Å². The van der Waals surface area contributed by atoms with Gasteiger partial charge in [-0.15, -0.1) is 34.9 Å². The monoisotopic (exact) mass is 755 g/mol. The number of carbonyl (C=O) groups excluding carboxylic acids is 3. The van der Waals surface area contributed by atoms with E-state index in [1.165, 1.54) is 39.5 Å². The van der Waals surface area contributed by atoms with Gasteiger partial charge in [-0.2, -0.15) is 9.30 Å². The van der Waals surface area contributed by atoms with Crippen molar-refractivity contribution in [3.05, 3.63) is 87.4 Å². The molecule has 2 aliphatic heterocycles. The van der Waals surface area contributed by atoms with Gasteiger partial charge in [0.1, 0.15) is 46.6 Å². The number of anilines is 1. The predicted molar refractivity (Wildman–Crippen MR) is 176 cm³/mol. The normalized spacial score (nSPS) is 17.1. The van der Waals surface area contributed by atoms with E-state index < -0.39 is 46.3 Å². The highest BCUT2D eigenvalue weighted by Gasteiger charge is 2.54. The second-order valence-corrected chi connectivity index (χ2v) is 13.9. The number of thiazole rings is 1. The van der Waals surface area contributed by atoms with Gasteiger partial charge in [0.15, 0.2) is 35.6 Å². The molecule has 264 valence electrons. The third kappa shape index (κ3) is 7.54. The van der Waals surface area contributed by atoms with Crippen molar-refractivity contribution in [1.29, 1.82) is 0 Å². The molecule has 2 amide bonds. The van der Waals surface area contributed by atoms with Crippen molar-refractivity contribution < 1.29 is 53.5 Å². The van der Waals surface area contributed by atoms with Gasteiger partial charge >= 0.3 is 5.97 Å². The molecule has 0 bridgehead atoms. The first-order chi connectivity index (χ1) is 24.4. The molecule has 0 radical (unpaired) electrons. The topological polar surface area (TPSA) is 267 Å². The van der Waals surface area contributed by atoms with E-state index in [9.17, 15) is 44.5 Å². The maximum atomic E-state index is 13.5. The summed E-state index contributed by atoms with van der Waals surface area (Å²) < 4.78 is 12.7. The van der Waals surface area contributed by atoms with Crippen molar-refractivity contribution in [2.75, 3.05) is 17.2 Å². The van der Waals surface area contributed by atoms with Crippen LogP contribution < -0.4 is 26.2 Å². The highest BCUT2D eigenvalue weighted by molar-refractivity contribution is 8.01. The van der Waals surface area contributed by atoms with Gasteiger partial charge in [0.2, 0.25) is 5.43 Å². The zero-order chi connectivity index (χ0) is 36.4. The van der Waals surface area contributed by atoms with Gasteiger partial charge < -0.3 is 45.6 Å². The van der Waals surface area contributed by atoms with E-state index in [-0.39, 0.29) is 63.9 Å². The average Bonchev–Trinajstić information content (AvgIpc) is 3.75. The molecule has 6 N–H and O–H groups in total. The molecule has 18 nitrogen and oxygen atoms in total. The number of aromatic nitrogens is 4. The predicted octanol–water partition coefficient (Wildman–Crippen LogP) is -0.389. The van der Waals surface area contributed by atoms with E-state index in [1.807, 2.05) is 0 Å². The van der Waals surface area contributed by atoms with Crippen molar-refractivity contribution in [2.24, 2.45) is 0 Å².